The molecule has 1 aromatic heterocycles. The molecule has 0 unspecified atom stereocenters. The fraction of sp³-hybridized carbons (Fsp3) is 0.182. The summed E-state index contributed by atoms with van der Waals surface area (Å²) in [6.45, 7) is 1.97. The number of methoxy groups -OCH3 is 1. The first-order valence-electron chi connectivity index (χ1n) is 4.28. The predicted octanol–water partition coefficient (Wildman–Crippen LogP) is 2.56. The maximum atomic E-state index is 10.8. The summed E-state index contributed by atoms with van der Waals surface area (Å²) < 4.78 is 10.3. The Morgan fingerprint density at radius 1 is 1.43 bits per heavy atom. The van der Waals surface area contributed by atoms with Crippen LogP contribution in [-0.4, -0.2) is 13.4 Å². The molecule has 0 bridgehead atoms. The van der Waals surface area contributed by atoms with Crippen molar-refractivity contribution in [2.75, 3.05) is 7.11 Å². The lowest BCUT2D eigenvalue weighted by Crippen LogP contribution is -1.84. The van der Waals surface area contributed by atoms with Crippen LogP contribution < -0.4 is 4.74 Å². The zero-order valence-corrected chi connectivity index (χ0v) is 8.03. The number of hydrogen-bond donors (Lipinski definition) is 0. The SMILES string of the molecule is COc1oc2ccc(C)cc2c1C=O. The van der Waals surface area contributed by atoms with Gasteiger partial charge in [0, 0.05) is 5.39 Å². The first-order chi connectivity index (χ1) is 6.76. The van der Waals surface area contributed by atoms with Gasteiger partial charge >= 0.3 is 0 Å². The minimum absolute atomic E-state index is 0.278. The molecule has 0 saturated carbocycles. The van der Waals surface area contributed by atoms with Crippen LogP contribution in [0.1, 0.15) is 15.9 Å². The van der Waals surface area contributed by atoms with Crippen molar-refractivity contribution in [3.05, 3.63) is 29.3 Å². The number of fused-ring (bicyclic) bond motifs is 1. The minimum atomic E-state index is 0.278. The van der Waals surface area contributed by atoms with Gasteiger partial charge in [0.2, 0.25) is 0 Å². The summed E-state index contributed by atoms with van der Waals surface area (Å²) >= 11 is 0. The second-order valence-electron chi connectivity index (χ2n) is 3.12. The molecule has 3 heteroatoms. The molecule has 0 aliphatic heterocycles. The number of ether oxygens (including phenoxy) is 1. The molecule has 2 rings (SSSR count). The Labute approximate surface area is 81.3 Å². The van der Waals surface area contributed by atoms with Crippen molar-refractivity contribution in [3.8, 4) is 5.95 Å². The molecule has 0 spiro atoms. The van der Waals surface area contributed by atoms with Crippen LogP contribution in [0.2, 0.25) is 0 Å². The standard InChI is InChI=1S/C11H10O3/c1-7-3-4-10-8(5-7)9(6-12)11(13-2)14-10/h3-6H,1-2H3. The van der Waals surface area contributed by atoms with Gasteiger partial charge in [0.15, 0.2) is 6.29 Å². The third-order valence-electron chi connectivity index (χ3n) is 2.15. The molecule has 0 aliphatic carbocycles. The van der Waals surface area contributed by atoms with Crippen LogP contribution in [0, 0.1) is 6.92 Å². The average molecular weight is 190 g/mol. The molecule has 0 amide bonds. The van der Waals surface area contributed by atoms with E-state index in [1.54, 1.807) is 0 Å². The van der Waals surface area contributed by atoms with E-state index in [0.717, 1.165) is 17.2 Å². The Balaban J connectivity index is 2.81. The van der Waals surface area contributed by atoms with E-state index < -0.39 is 0 Å². The molecular weight excluding hydrogens is 180 g/mol. The maximum absolute atomic E-state index is 10.8. The second kappa shape index (κ2) is 3.18. The molecule has 0 atom stereocenters. The third kappa shape index (κ3) is 1.18. The minimum Gasteiger partial charge on any atom is -0.468 e. The molecule has 0 N–H and O–H groups in total. The van der Waals surface area contributed by atoms with Gasteiger partial charge in [0.05, 0.1) is 7.11 Å². The maximum Gasteiger partial charge on any atom is 0.296 e. The lowest BCUT2D eigenvalue weighted by Gasteiger charge is -1.91. The zero-order valence-electron chi connectivity index (χ0n) is 8.03. The number of carbonyl (C=O) groups excluding carboxylic acids is 1. The fourth-order valence-corrected chi connectivity index (χ4v) is 1.47. The van der Waals surface area contributed by atoms with E-state index in [9.17, 15) is 4.79 Å². The van der Waals surface area contributed by atoms with Crippen LogP contribution in [0.4, 0.5) is 0 Å². The van der Waals surface area contributed by atoms with Gasteiger partial charge in [0.1, 0.15) is 11.1 Å². The highest BCUT2D eigenvalue weighted by Crippen LogP contribution is 2.30. The normalized spacial score (nSPS) is 10.4. The largest absolute Gasteiger partial charge is 0.468 e. The highest BCUT2D eigenvalue weighted by molar-refractivity contribution is 5.98. The predicted molar refractivity (Wildman–Crippen MR) is 52.9 cm³/mol. The first kappa shape index (κ1) is 8.81. The molecule has 1 aromatic carbocycles. The van der Waals surface area contributed by atoms with Crippen LogP contribution in [0.5, 0.6) is 5.95 Å². The third-order valence-corrected chi connectivity index (χ3v) is 2.15. The van der Waals surface area contributed by atoms with Gasteiger partial charge in [-0.3, -0.25) is 4.79 Å². The summed E-state index contributed by atoms with van der Waals surface area (Å²) in [6, 6.07) is 5.67. The smallest absolute Gasteiger partial charge is 0.296 e. The zero-order chi connectivity index (χ0) is 10.1. The quantitative estimate of drug-likeness (QED) is 0.683. The van der Waals surface area contributed by atoms with Crippen LogP contribution in [0.25, 0.3) is 11.0 Å². The van der Waals surface area contributed by atoms with Crippen LogP contribution in [-0.2, 0) is 0 Å². The van der Waals surface area contributed by atoms with E-state index in [1.165, 1.54) is 7.11 Å². The van der Waals surface area contributed by atoms with Gasteiger partial charge in [-0.25, -0.2) is 0 Å². The number of aldehydes is 1. The lowest BCUT2D eigenvalue weighted by molar-refractivity contribution is 0.111. The number of aryl methyl sites for hydroxylation is 1. The number of furan rings is 1. The summed E-state index contributed by atoms with van der Waals surface area (Å²) in [5, 5.41) is 0.803. The monoisotopic (exact) mass is 190 g/mol. The molecule has 0 aliphatic rings. The number of benzene rings is 1. The Bertz CT molecular complexity index is 482. The molecule has 1 heterocycles. The number of carbonyl (C=O) groups is 1. The number of hydrogen-bond acceptors (Lipinski definition) is 3. The van der Waals surface area contributed by atoms with Crippen LogP contribution in [0.3, 0.4) is 0 Å². The Hall–Kier alpha value is -1.77. The van der Waals surface area contributed by atoms with Crippen molar-refractivity contribution in [3.63, 3.8) is 0 Å². The summed E-state index contributed by atoms with van der Waals surface area (Å²) in [6.07, 6.45) is 0.754. The topological polar surface area (TPSA) is 39.4 Å². The van der Waals surface area contributed by atoms with Crippen molar-refractivity contribution in [2.45, 2.75) is 6.92 Å². The molecule has 14 heavy (non-hydrogen) atoms. The van der Waals surface area contributed by atoms with Crippen molar-refractivity contribution in [1.82, 2.24) is 0 Å². The Morgan fingerprint density at radius 2 is 2.21 bits per heavy atom. The molecule has 2 aromatic rings. The molecule has 72 valence electrons. The van der Waals surface area contributed by atoms with Gasteiger partial charge in [-0.15, -0.1) is 0 Å². The molecule has 0 radical (unpaired) electrons. The van der Waals surface area contributed by atoms with E-state index in [1.807, 2.05) is 25.1 Å². The van der Waals surface area contributed by atoms with Crippen LogP contribution in [0.15, 0.2) is 22.6 Å². The lowest BCUT2D eigenvalue weighted by atomic mass is 10.1. The molecule has 3 nitrogen and oxygen atoms in total. The fourth-order valence-electron chi connectivity index (χ4n) is 1.47. The van der Waals surface area contributed by atoms with Crippen molar-refractivity contribution >= 4 is 17.3 Å². The summed E-state index contributed by atoms with van der Waals surface area (Å²) in [7, 11) is 1.48. The van der Waals surface area contributed by atoms with E-state index in [4.69, 9.17) is 9.15 Å². The van der Waals surface area contributed by atoms with Crippen molar-refractivity contribution in [2.24, 2.45) is 0 Å². The average Bonchev–Trinajstić information content (AvgIpc) is 2.54. The number of rotatable bonds is 2. The van der Waals surface area contributed by atoms with E-state index in [0.29, 0.717) is 11.1 Å². The van der Waals surface area contributed by atoms with Gasteiger partial charge in [-0.1, -0.05) is 11.6 Å². The van der Waals surface area contributed by atoms with E-state index in [2.05, 4.69) is 0 Å². The Kier molecular flexibility index (Phi) is 2.00. The highest BCUT2D eigenvalue weighted by atomic mass is 16.6. The molecule has 0 saturated heterocycles. The summed E-state index contributed by atoms with van der Waals surface area (Å²) in [4.78, 5) is 10.8. The molecular formula is C11H10O3. The highest BCUT2D eigenvalue weighted by Gasteiger charge is 2.13. The van der Waals surface area contributed by atoms with Crippen LogP contribution >= 0.6 is 0 Å². The first-order valence-corrected chi connectivity index (χ1v) is 4.28. The van der Waals surface area contributed by atoms with Crippen molar-refractivity contribution in [1.29, 1.82) is 0 Å². The van der Waals surface area contributed by atoms with E-state index in [-0.39, 0.29) is 5.95 Å². The van der Waals surface area contributed by atoms with E-state index >= 15 is 0 Å². The Morgan fingerprint density at radius 3 is 2.86 bits per heavy atom. The summed E-state index contributed by atoms with van der Waals surface area (Å²) in [5.74, 6) is 0.278. The molecule has 0 fully saturated rings. The van der Waals surface area contributed by atoms with Gasteiger partial charge in [-0.05, 0) is 19.1 Å². The second-order valence-corrected chi connectivity index (χ2v) is 3.12. The van der Waals surface area contributed by atoms with Crippen molar-refractivity contribution < 1.29 is 13.9 Å². The van der Waals surface area contributed by atoms with Gasteiger partial charge in [0.25, 0.3) is 5.95 Å². The van der Waals surface area contributed by atoms with Gasteiger partial charge < -0.3 is 9.15 Å². The summed E-state index contributed by atoms with van der Waals surface area (Å²) in [5.41, 5.74) is 2.24. The van der Waals surface area contributed by atoms with Gasteiger partial charge in [-0.2, -0.15) is 0 Å².